The summed E-state index contributed by atoms with van der Waals surface area (Å²) in [4.78, 5) is 0. The van der Waals surface area contributed by atoms with Crippen molar-refractivity contribution in [2.24, 2.45) is 5.92 Å². The molecule has 1 fully saturated rings. The Labute approximate surface area is 151 Å². The van der Waals surface area contributed by atoms with Gasteiger partial charge in [0.25, 0.3) is 0 Å². The average molecular weight is 355 g/mol. The van der Waals surface area contributed by atoms with Crippen molar-refractivity contribution < 1.29 is 13.9 Å². The zero-order valence-corrected chi connectivity index (χ0v) is 18.1. The van der Waals surface area contributed by atoms with Crippen LogP contribution in [0.2, 0.25) is 18.1 Å². The van der Waals surface area contributed by atoms with Crippen LogP contribution in [0.1, 0.15) is 67.2 Å². The van der Waals surface area contributed by atoms with Gasteiger partial charge in [0.1, 0.15) is 6.10 Å². The Morgan fingerprint density at radius 3 is 2.38 bits per heavy atom. The molecule has 0 amide bonds. The Kier molecular flexibility index (Phi) is 7.56. The molecule has 0 aromatic rings. The van der Waals surface area contributed by atoms with Gasteiger partial charge < -0.3 is 13.9 Å². The molecule has 0 radical (unpaired) electrons. The first kappa shape index (κ1) is 21.7. The Morgan fingerprint density at radius 2 is 1.83 bits per heavy atom. The van der Waals surface area contributed by atoms with Crippen molar-refractivity contribution in [3.8, 4) is 12.3 Å². The van der Waals surface area contributed by atoms with Gasteiger partial charge in [-0.25, -0.2) is 0 Å². The van der Waals surface area contributed by atoms with Crippen LogP contribution in [0.4, 0.5) is 0 Å². The van der Waals surface area contributed by atoms with Crippen LogP contribution in [0.3, 0.4) is 0 Å². The molecule has 4 heteroatoms. The van der Waals surface area contributed by atoms with E-state index in [1.54, 1.807) is 0 Å². The van der Waals surface area contributed by atoms with Crippen LogP contribution in [0.25, 0.3) is 0 Å². The first-order chi connectivity index (χ1) is 10.9. The fraction of sp³-hybridized carbons (Fsp3) is 0.900. The highest BCUT2D eigenvalue weighted by Gasteiger charge is 2.45. The molecular weight excluding hydrogens is 316 g/mol. The molecule has 140 valence electrons. The van der Waals surface area contributed by atoms with Gasteiger partial charge in [0, 0.05) is 6.42 Å². The van der Waals surface area contributed by atoms with E-state index >= 15 is 0 Å². The lowest BCUT2D eigenvalue weighted by Gasteiger charge is -2.37. The Bertz CT molecular complexity index is 431. The molecule has 0 spiro atoms. The normalized spacial score (nSPS) is 25.5. The summed E-state index contributed by atoms with van der Waals surface area (Å²) in [5.41, 5.74) is 0. The van der Waals surface area contributed by atoms with E-state index in [0.717, 1.165) is 25.7 Å². The highest BCUT2D eigenvalue weighted by molar-refractivity contribution is 6.74. The predicted molar refractivity (Wildman–Crippen MR) is 103 cm³/mol. The van der Waals surface area contributed by atoms with Crippen LogP contribution in [0, 0.1) is 18.3 Å². The Morgan fingerprint density at radius 1 is 1.21 bits per heavy atom. The lowest BCUT2D eigenvalue weighted by atomic mass is 9.94. The minimum atomic E-state index is -1.78. The van der Waals surface area contributed by atoms with Crippen molar-refractivity contribution in [3.05, 3.63) is 0 Å². The van der Waals surface area contributed by atoms with E-state index in [2.05, 4.69) is 46.7 Å². The van der Waals surface area contributed by atoms with Gasteiger partial charge >= 0.3 is 0 Å². The van der Waals surface area contributed by atoms with Gasteiger partial charge in [-0.3, -0.25) is 0 Å². The molecule has 3 nitrogen and oxygen atoms in total. The Hall–Kier alpha value is -0.343. The van der Waals surface area contributed by atoms with Crippen molar-refractivity contribution in [2.75, 3.05) is 6.61 Å². The molecule has 1 heterocycles. The largest absolute Gasteiger partial charge is 0.414 e. The average Bonchev–Trinajstić information content (AvgIpc) is 2.75. The molecule has 3 atom stereocenters. The summed E-state index contributed by atoms with van der Waals surface area (Å²) in [6.07, 6.45) is 9.64. The molecule has 0 aromatic heterocycles. The van der Waals surface area contributed by atoms with Crippen LogP contribution in [-0.4, -0.2) is 32.9 Å². The van der Waals surface area contributed by atoms with Crippen molar-refractivity contribution in [3.63, 3.8) is 0 Å². The summed E-state index contributed by atoms with van der Waals surface area (Å²) >= 11 is 0. The summed E-state index contributed by atoms with van der Waals surface area (Å²) in [5, 5.41) is 0.207. The lowest BCUT2D eigenvalue weighted by molar-refractivity contribution is -0.152. The number of unbranched alkanes of at least 4 members (excludes halogenated alkanes) is 2. The molecule has 1 aliphatic heterocycles. The van der Waals surface area contributed by atoms with E-state index in [0.29, 0.717) is 12.5 Å². The number of terminal acetylenes is 1. The maximum Gasteiger partial charge on any atom is 0.192 e. The predicted octanol–water partition coefficient (Wildman–Crippen LogP) is 5.36. The van der Waals surface area contributed by atoms with E-state index in [1.165, 1.54) is 0 Å². The van der Waals surface area contributed by atoms with E-state index in [-0.39, 0.29) is 17.2 Å². The summed E-state index contributed by atoms with van der Waals surface area (Å²) in [5.74, 6) is 2.63. The van der Waals surface area contributed by atoms with Gasteiger partial charge in [-0.2, -0.15) is 0 Å². The zero-order chi connectivity index (χ0) is 18.6. The van der Waals surface area contributed by atoms with Gasteiger partial charge in [0.2, 0.25) is 0 Å². The van der Waals surface area contributed by atoms with Crippen LogP contribution < -0.4 is 0 Å². The third-order valence-corrected chi connectivity index (χ3v) is 9.93. The third-order valence-electron chi connectivity index (χ3n) is 5.43. The number of ether oxygens (including phenoxy) is 2. The second kappa shape index (κ2) is 8.36. The summed E-state index contributed by atoms with van der Waals surface area (Å²) in [6, 6.07) is 0. The minimum absolute atomic E-state index is 0.0109. The molecule has 1 rings (SSSR count). The van der Waals surface area contributed by atoms with Gasteiger partial charge in [-0.1, -0.05) is 34.1 Å². The minimum Gasteiger partial charge on any atom is -0.414 e. The van der Waals surface area contributed by atoms with Gasteiger partial charge in [0.05, 0.1) is 12.7 Å². The highest BCUT2D eigenvalue weighted by atomic mass is 28.4. The van der Waals surface area contributed by atoms with Crippen LogP contribution in [0.5, 0.6) is 0 Å². The molecule has 1 aliphatic rings. The van der Waals surface area contributed by atoms with Crippen LogP contribution >= 0.6 is 0 Å². The van der Waals surface area contributed by atoms with Gasteiger partial charge in [-0.15, -0.1) is 12.3 Å². The fourth-order valence-electron chi connectivity index (χ4n) is 2.84. The SMILES string of the molecule is C#CCCCC[C@H](C)[C@@H]1OC(C)(C)O[C@H]1CO[Si](C)(C)C(C)(C)C. The molecule has 0 aromatic carbocycles. The van der Waals surface area contributed by atoms with Crippen LogP contribution in [0.15, 0.2) is 0 Å². The summed E-state index contributed by atoms with van der Waals surface area (Å²) < 4.78 is 18.8. The molecule has 1 saturated heterocycles. The fourth-order valence-corrected chi connectivity index (χ4v) is 3.85. The maximum absolute atomic E-state index is 6.40. The molecule has 0 N–H and O–H groups in total. The van der Waals surface area contributed by atoms with Crippen molar-refractivity contribution in [1.82, 2.24) is 0 Å². The molecule has 0 unspecified atom stereocenters. The van der Waals surface area contributed by atoms with Crippen molar-refractivity contribution >= 4 is 8.32 Å². The lowest BCUT2D eigenvalue weighted by Crippen LogP contribution is -2.44. The van der Waals surface area contributed by atoms with E-state index in [9.17, 15) is 0 Å². The summed E-state index contributed by atoms with van der Waals surface area (Å²) in [7, 11) is -1.78. The number of hydrogen-bond acceptors (Lipinski definition) is 3. The summed E-state index contributed by atoms with van der Waals surface area (Å²) in [6.45, 7) is 18.2. The highest BCUT2D eigenvalue weighted by Crippen LogP contribution is 2.39. The molecule has 0 bridgehead atoms. The van der Waals surface area contributed by atoms with Crippen molar-refractivity contribution in [2.45, 2.75) is 103 Å². The van der Waals surface area contributed by atoms with Crippen LogP contribution in [-0.2, 0) is 13.9 Å². The van der Waals surface area contributed by atoms with E-state index in [4.69, 9.17) is 20.3 Å². The quantitative estimate of drug-likeness (QED) is 0.334. The maximum atomic E-state index is 6.40. The standard InChI is InChI=1S/C20H38O3Si/c1-10-11-12-13-14-16(2)18-17(22-20(6,7)23-18)15-21-24(8,9)19(3,4)5/h1,16-18H,11-15H2,2-9H3/t16-,17-,18-/m0/s1. The molecule has 0 saturated carbocycles. The molecule has 24 heavy (non-hydrogen) atoms. The molecule has 0 aliphatic carbocycles. The monoisotopic (exact) mass is 354 g/mol. The van der Waals surface area contributed by atoms with E-state index < -0.39 is 14.1 Å². The second-order valence-corrected chi connectivity index (χ2v) is 13.9. The molecular formula is C20H38O3Si. The second-order valence-electron chi connectivity index (χ2n) is 9.14. The van der Waals surface area contributed by atoms with E-state index in [1.807, 2.05) is 13.8 Å². The first-order valence-electron chi connectivity index (χ1n) is 9.33. The first-order valence-corrected chi connectivity index (χ1v) is 12.2. The Balaban J connectivity index is 2.64. The smallest absolute Gasteiger partial charge is 0.192 e. The topological polar surface area (TPSA) is 27.7 Å². The number of rotatable bonds is 8. The van der Waals surface area contributed by atoms with Crippen molar-refractivity contribution in [1.29, 1.82) is 0 Å². The zero-order valence-electron chi connectivity index (χ0n) is 17.1. The number of hydrogen-bond donors (Lipinski definition) is 0. The van der Waals surface area contributed by atoms with Gasteiger partial charge in [0.15, 0.2) is 14.1 Å². The third kappa shape index (κ3) is 6.18. The van der Waals surface area contributed by atoms with Gasteiger partial charge in [-0.05, 0) is 50.7 Å².